The van der Waals surface area contributed by atoms with Crippen LogP contribution in [-0.2, 0) is 11.0 Å². The van der Waals surface area contributed by atoms with Crippen LogP contribution in [0, 0.1) is 0 Å². The zero-order valence-corrected chi connectivity index (χ0v) is 15.2. The van der Waals surface area contributed by atoms with E-state index < -0.39 is 11.7 Å². The van der Waals surface area contributed by atoms with Crippen LogP contribution < -0.4 is 4.90 Å². The third-order valence-corrected chi connectivity index (χ3v) is 4.78. The fraction of sp³-hybridized carbons (Fsp3) is 0.250. The Morgan fingerprint density at radius 3 is 2.37 bits per heavy atom. The number of amides is 1. The number of piperazine rings is 1. The standard InChI is InChI=1S/C20H18ClF3N2O/c21-18-7-2-1-4-15(18)8-9-19(27)26-12-10-25(11-13-26)17-6-3-5-16(14-17)20(22,23)24/h1-9,14H,10-13H2/b9-8+. The number of benzene rings is 2. The summed E-state index contributed by atoms with van der Waals surface area (Å²) in [5.41, 5.74) is 0.611. The number of carbonyl (C=O) groups is 1. The summed E-state index contributed by atoms with van der Waals surface area (Å²) in [7, 11) is 0. The van der Waals surface area contributed by atoms with Crippen molar-refractivity contribution >= 4 is 29.3 Å². The maximum absolute atomic E-state index is 12.9. The van der Waals surface area contributed by atoms with E-state index in [0.717, 1.165) is 17.7 Å². The van der Waals surface area contributed by atoms with E-state index in [1.54, 1.807) is 23.1 Å². The van der Waals surface area contributed by atoms with Crippen LogP contribution in [0.4, 0.5) is 18.9 Å². The molecule has 1 aliphatic rings. The van der Waals surface area contributed by atoms with Crippen LogP contribution in [0.5, 0.6) is 0 Å². The van der Waals surface area contributed by atoms with E-state index in [1.165, 1.54) is 12.1 Å². The Morgan fingerprint density at radius 1 is 1.00 bits per heavy atom. The molecular weight excluding hydrogens is 377 g/mol. The molecular formula is C20H18ClF3N2O. The molecule has 1 fully saturated rings. The van der Waals surface area contributed by atoms with E-state index in [4.69, 9.17) is 11.6 Å². The Bertz CT molecular complexity index is 843. The van der Waals surface area contributed by atoms with E-state index in [9.17, 15) is 18.0 Å². The van der Waals surface area contributed by atoms with Crippen LogP contribution in [0.2, 0.25) is 5.02 Å². The highest BCUT2D eigenvalue weighted by Gasteiger charge is 2.31. The summed E-state index contributed by atoms with van der Waals surface area (Å²) in [5.74, 6) is -0.140. The van der Waals surface area contributed by atoms with Crippen molar-refractivity contribution in [3.8, 4) is 0 Å². The molecule has 142 valence electrons. The first-order valence-corrected chi connectivity index (χ1v) is 8.86. The van der Waals surface area contributed by atoms with Crippen LogP contribution >= 0.6 is 11.6 Å². The number of anilines is 1. The molecule has 0 saturated carbocycles. The predicted molar refractivity (Wildman–Crippen MR) is 101 cm³/mol. The molecule has 2 aromatic carbocycles. The monoisotopic (exact) mass is 394 g/mol. The van der Waals surface area contributed by atoms with Gasteiger partial charge in [0.05, 0.1) is 5.56 Å². The van der Waals surface area contributed by atoms with Gasteiger partial charge in [0, 0.05) is 43.0 Å². The minimum absolute atomic E-state index is 0.140. The second-order valence-electron chi connectivity index (χ2n) is 6.22. The molecule has 0 unspecified atom stereocenters. The van der Waals surface area contributed by atoms with Crippen LogP contribution in [0.15, 0.2) is 54.6 Å². The normalized spacial score (nSPS) is 15.4. The molecule has 0 spiro atoms. The number of hydrogen-bond acceptors (Lipinski definition) is 2. The van der Waals surface area contributed by atoms with Gasteiger partial charge in [-0.05, 0) is 35.9 Å². The molecule has 1 amide bonds. The maximum atomic E-state index is 12.9. The molecule has 7 heteroatoms. The van der Waals surface area contributed by atoms with Crippen molar-refractivity contribution in [3.05, 3.63) is 70.8 Å². The van der Waals surface area contributed by atoms with Crippen LogP contribution in [0.1, 0.15) is 11.1 Å². The van der Waals surface area contributed by atoms with Crippen molar-refractivity contribution < 1.29 is 18.0 Å². The van der Waals surface area contributed by atoms with E-state index in [1.807, 2.05) is 23.1 Å². The molecule has 1 heterocycles. The lowest BCUT2D eigenvalue weighted by atomic mass is 10.1. The molecule has 0 aromatic heterocycles. The summed E-state index contributed by atoms with van der Waals surface area (Å²) in [6.07, 6.45) is -1.22. The molecule has 0 aliphatic carbocycles. The number of nitrogens with zero attached hydrogens (tertiary/aromatic N) is 2. The minimum Gasteiger partial charge on any atom is -0.368 e. The Kier molecular flexibility index (Phi) is 5.75. The summed E-state index contributed by atoms with van der Waals surface area (Å²) in [4.78, 5) is 15.9. The Morgan fingerprint density at radius 2 is 1.70 bits per heavy atom. The van der Waals surface area contributed by atoms with Crippen LogP contribution in [-0.4, -0.2) is 37.0 Å². The summed E-state index contributed by atoms with van der Waals surface area (Å²) in [5, 5.41) is 0.566. The molecule has 2 aromatic rings. The van der Waals surface area contributed by atoms with E-state index in [2.05, 4.69) is 0 Å². The molecule has 27 heavy (non-hydrogen) atoms. The fourth-order valence-electron chi connectivity index (χ4n) is 2.94. The minimum atomic E-state index is -4.36. The van der Waals surface area contributed by atoms with Gasteiger partial charge in [0.1, 0.15) is 0 Å². The van der Waals surface area contributed by atoms with E-state index >= 15 is 0 Å². The van der Waals surface area contributed by atoms with Crippen molar-refractivity contribution in [2.45, 2.75) is 6.18 Å². The molecule has 0 N–H and O–H groups in total. The van der Waals surface area contributed by atoms with Crippen molar-refractivity contribution in [3.63, 3.8) is 0 Å². The van der Waals surface area contributed by atoms with Crippen molar-refractivity contribution in [2.24, 2.45) is 0 Å². The highest BCUT2D eigenvalue weighted by Crippen LogP contribution is 2.31. The molecule has 1 aliphatic heterocycles. The number of halogens is 4. The largest absolute Gasteiger partial charge is 0.416 e. The maximum Gasteiger partial charge on any atom is 0.416 e. The Hall–Kier alpha value is -2.47. The number of alkyl halides is 3. The van der Waals surface area contributed by atoms with Gasteiger partial charge in [-0.25, -0.2) is 0 Å². The SMILES string of the molecule is O=C(/C=C/c1ccccc1Cl)N1CCN(c2cccc(C(F)(F)F)c2)CC1. The fourth-order valence-corrected chi connectivity index (χ4v) is 3.14. The molecule has 0 bridgehead atoms. The number of rotatable bonds is 3. The molecule has 1 saturated heterocycles. The van der Waals surface area contributed by atoms with Crippen molar-refractivity contribution in [1.29, 1.82) is 0 Å². The number of carbonyl (C=O) groups excluding carboxylic acids is 1. The third-order valence-electron chi connectivity index (χ3n) is 4.44. The summed E-state index contributed by atoms with van der Waals surface area (Å²) in [6, 6.07) is 12.5. The van der Waals surface area contributed by atoms with Crippen molar-refractivity contribution in [2.75, 3.05) is 31.1 Å². The average Bonchev–Trinajstić information content (AvgIpc) is 2.67. The number of hydrogen-bond donors (Lipinski definition) is 0. The van der Waals surface area contributed by atoms with Gasteiger partial charge in [-0.2, -0.15) is 13.2 Å². The molecule has 0 atom stereocenters. The van der Waals surface area contributed by atoms with Crippen molar-refractivity contribution in [1.82, 2.24) is 4.90 Å². The molecule has 3 rings (SSSR count). The van der Waals surface area contributed by atoms with Gasteiger partial charge < -0.3 is 9.80 Å². The first kappa shape index (κ1) is 19.3. The predicted octanol–water partition coefficient (Wildman–Crippen LogP) is 4.72. The summed E-state index contributed by atoms with van der Waals surface area (Å²) < 4.78 is 38.6. The Balaban J connectivity index is 1.60. The second kappa shape index (κ2) is 8.05. The van der Waals surface area contributed by atoms with E-state index in [0.29, 0.717) is 36.9 Å². The van der Waals surface area contributed by atoms with Gasteiger partial charge >= 0.3 is 6.18 Å². The second-order valence-corrected chi connectivity index (χ2v) is 6.62. The smallest absolute Gasteiger partial charge is 0.368 e. The van der Waals surface area contributed by atoms with Gasteiger partial charge in [-0.15, -0.1) is 0 Å². The summed E-state index contributed by atoms with van der Waals surface area (Å²) >= 11 is 6.06. The average molecular weight is 395 g/mol. The highest BCUT2D eigenvalue weighted by atomic mass is 35.5. The first-order valence-electron chi connectivity index (χ1n) is 8.48. The highest BCUT2D eigenvalue weighted by molar-refractivity contribution is 6.32. The van der Waals surface area contributed by atoms with Crippen LogP contribution in [0.3, 0.4) is 0 Å². The first-order chi connectivity index (χ1) is 12.8. The quantitative estimate of drug-likeness (QED) is 0.703. The lowest BCUT2D eigenvalue weighted by Gasteiger charge is -2.35. The van der Waals surface area contributed by atoms with Gasteiger partial charge in [0.2, 0.25) is 5.91 Å². The van der Waals surface area contributed by atoms with Gasteiger partial charge in [-0.1, -0.05) is 35.9 Å². The molecule has 0 radical (unpaired) electrons. The lowest BCUT2D eigenvalue weighted by molar-refractivity contribution is -0.137. The molecule has 3 nitrogen and oxygen atoms in total. The lowest BCUT2D eigenvalue weighted by Crippen LogP contribution is -2.48. The Labute approximate surface area is 160 Å². The summed E-state index contributed by atoms with van der Waals surface area (Å²) in [6.45, 7) is 1.85. The van der Waals surface area contributed by atoms with Gasteiger partial charge in [0.15, 0.2) is 0 Å². The van der Waals surface area contributed by atoms with E-state index in [-0.39, 0.29) is 5.91 Å². The zero-order valence-electron chi connectivity index (χ0n) is 14.4. The van der Waals surface area contributed by atoms with Gasteiger partial charge in [-0.3, -0.25) is 4.79 Å². The van der Waals surface area contributed by atoms with Crippen LogP contribution in [0.25, 0.3) is 6.08 Å². The third kappa shape index (κ3) is 4.83. The zero-order chi connectivity index (χ0) is 19.4. The topological polar surface area (TPSA) is 23.6 Å². The van der Waals surface area contributed by atoms with Gasteiger partial charge in [0.25, 0.3) is 0 Å².